The molecule has 33 heavy (non-hydrogen) atoms. The second-order valence-electron chi connectivity index (χ2n) is 8.24. The Balaban J connectivity index is 1.58. The Morgan fingerprint density at radius 2 is 0.758 bits per heavy atom. The van der Waals surface area contributed by atoms with Crippen LogP contribution >= 0.6 is 11.6 Å². The maximum absolute atomic E-state index is 6.72. The molecule has 3 heterocycles. The van der Waals surface area contributed by atoms with E-state index in [0.717, 1.165) is 33.7 Å². The summed E-state index contributed by atoms with van der Waals surface area (Å²) in [6.45, 7) is 0. The zero-order valence-electron chi connectivity index (χ0n) is 17.6. The minimum absolute atomic E-state index is 0.652. The summed E-state index contributed by atoms with van der Waals surface area (Å²) in [5.41, 5.74) is 4.45. The molecule has 0 aliphatic carbocycles. The quantitative estimate of drug-likeness (QED) is 0.266. The van der Waals surface area contributed by atoms with Crippen molar-refractivity contribution in [2.45, 2.75) is 0 Å². The standard InChI is InChI=1S/C29H18ClN3/c30-19-17-28(32-24-13-5-1-9-20(24)21-10-2-6-14-25(21)32)31-29(18-19)33-26-15-7-3-11-22(26)23-12-4-8-16-27(23)33/h1-18H. The summed E-state index contributed by atoms with van der Waals surface area (Å²) in [7, 11) is 0. The Morgan fingerprint density at radius 1 is 0.455 bits per heavy atom. The lowest BCUT2D eigenvalue weighted by Crippen LogP contribution is -2.03. The molecule has 0 radical (unpaired) electrons. The Kier molecular flexibility index (Phi) is 3.90. The van der Waals surface area contributed by atoms with Gasteiger partial charge in [0.05, 0.1) is 22.1 Å². The molecular formula is C29H18ClN3. The first kappa shape index (κ1) is 18.5. The highest BCUT2D eigenvalue weighted by atomic mass is 35.5. The van der Waals surface area contributed by atoms with Gasteiger partial charge in [-0.15, -0.1) is 0 Å². The van der Waals surface area contributed by atoms with Crippen LogP contribution in [0.3, 0.4) is 0 Å². The van der Waals surface area contributed by atoms with Crippen molar-refractivity contribution >= 4 is 55.2 Å². The van der Waals surface area contributed by atoms with Gasteiger partial charge in [0.1, 0.15) is 11.6 Å². The predicted molar refractivity (Wildman–Crippen MR) is 138 cm³/mol. The molecule has 3 aromatic heterocycles. The van der Waals surface area contributed by atoms with E-state index in [1.54, 1.807) is 0 Å². The van der Waals surface area contributed by atoms with Crippen LogP contribution in [0.4, 0.5) is 0 Å². The largest absolute Gasteiger partial charge is 0.294 e. The Morgan fingerprint density at radius 3 is 1.09 bits per heavy atom. The maximum Gasteiger partial charge on any atom is 0.141 e. The van der Waals surface area contributed by atoms with Crippen LogP contribution in [0.1, 0.15) is 0 Å². The van der Waals surface area contributed by atoms with Crippen LogP contribution in [0.15, 0.2) is 109 Å². The molecule has 0 amide bonds. The number of aromatic nitrogens is 3. The SMILES string of the molecule is Clc1cc(-n2c3ccccc3c3ccccc32)nc(-n2c3ccccc3c3ccccc32)c1. The average Bonchev–Trinajstić information content (AvgIpc) is 3.37. The van der Waals surface area contributed by atoms with Crippen molar-refractivity contribution in [3.63, 3.8) is 0 Å². The van der Waals surface area contributed by atoms with Crippen LogP contribution < -0.4 is 0 Å². The lowest BCUT2D eigenvalue weighted by molar-refractivity contribution is 1.01. The minimum atomic E-state index is 0.652. The van der Waals surface area contributed by atoms with Gasteiger partial charge >= 0.3 is 0 Å². The highest BCUT2D eigenvalue weighted by Crippen LogP contribution is 2.35. The van der Waals surface area contributed by atoms with Gasteiger partial charge in [0, 0.05) is 38.7 Å². The first-order valence-corrected chi connectivity index (χ1v) is 11.3. The number of benzene rings is 4. The summed E-state index contributed by atoms with van der Waals surface area (Å²) in [6, 6.07) is 37.6. The van der Waals surface area contributed by atoms with Crippen molar-refractivity contribution in [2.24, 2.45) is 0 Å². The molecule has 4 heteroatoms. The Labute approximate surface area is 195 Å². The van der Waals surface area contributed by atoms with Gasteiger partial charge in [0.25, 0.3) is 0 Å². The number of fused-ring (bicyclic) bond motifs is 6. The van der Waals surface area contributed by atoms with E-state index in [2.05, 4.69) is 106 Å². The number of halogens is 1. The number of rotatable bonds is 2. The number of hydrogen-bond donors (Lipinski definition) is 0. The summed E-state index contributed by atoms with van der Waals surface area (Å²) in [5.74, 6) is 1.61. The molecule has 0 bridgehead atoms. The van der Waals surface area contributed by atoms with Crippen LogP contribution in [0.2, 0.25) is 5.02 Å². The van der Waals surface area contributed by atoms with E-state index in [0.29, 0.717) is 5.02 Å². The van der Waals surface area contributed by atoms with Crippen LogP contribution in [-0.2, 0) is 0 Å². The molecule has 3 nitrogen and oxygen atoms in total. The normalized spacial score (nSPS) is 11.8. The van der Waals surface area contributed by atoms with E-state index in [1.807, 2.05) is 12.1 Å². The molecular weight excluding hydrogens is 426 g/mol. The van der Waals surface area contributed by atoms with Crippen molar-refractivity contribution in [1.82, 2.24) is 14.1 Å². The molecule has 0 saturated carbocycles. The molecule has 0 unspecified atom stereocenters. The minimum Gasteiger partial charge on any atom is -0.294 e. The van der Waals surface area contributed by atoms with Crippen molar-refractivity contribution in [3.05, 3.63) is 114 Å². The predicted octanol–water partition coefficient (Wildman–Crippen LogP) is 7.93. The zero-order valence-corrected chi connectivity index (χ0v) is 18.4. The first-order valence-electron chi connectivity index (χ1n) is 10.9. The average molecular weight is 444 g/mol. The number of para-hydroxylation sites is 4. The smallest absolute Gasteiger partial charge is 0.141 e. The lowest BCUT2D eigenvalue weighted by Gasteiger charge is -2.12. The third kappa shape index (κ3) is 2.66. The molecule has 0 atom stereocenters. The second-order valence-corrected chi connectivity index (χ2v) is 8.68. The van der Waals surface area contributed by atoms with Gasteiger partial charge in [0.15, 0.2) is 0 Å². The Bertz CT molecular complexity index is 1600. The van der Waals surface area contributed by atoms with E-state index in [1.165, 1.54) is 21.5 Å². The van der Waals surface area contributed by atoms with Crippen LogP contribution in [0.5, 0.6) is 0 Å². The molecule has 7 rings (SSSR count). The highest BCUT2D eigenvalue weighted by molar-refractivity contribution is 6.31. The summed E-state index contributed by atoms with van der Waals surface area (Å²) < 4.78 is 4.40. The van der Waals surface area contributed by atoms with Crippen molar-refractivity contribution in [2.75, 3.05) is 0 Å². The molecule has 156 valence electrons. The zero-order chi connectivity index (χ0) is 21.9. The molecule has 0 fully saturated rings. The number of pyridine rings is 1. The molecule has 4 aromatic carbocycles. The van der Waals surface area contributed by atoms with Crippen molar-refractivity contribution in [3.8, 4) is 11.6 Å². The van der Waals surface area contributed by atoms with Gasteiger partial charge in [-0.05, 0) is 24.3 Å². The van der Waals surface area contributed by atoms with E-state index >= 15 is 0 Å². The van der Waals surface area contributed by atoms with Gasteiger partial charge in [-0.25, -0.2) is 4.98 Å². The molecule has 7 aromatic rings. The Hall–Kier alpha value is -4.08. The van der Waals surface area contributed by atoms with Crippen molar-refractivity contribution < 1.29 is 0 Å². The van der Waals surface area contributed by atoms with E-state index < -0.39 is 0 Å². The monoisotopic (exact) mass is 443 g/mol. The van der Waals surface area contributed by atoms with E-state index in [9.17, 15) is 0 Å². The summed E-state index contributed by atoms with van der Waals surface area (Å²) in [5, 5.41) is 5.46. The van der Waals surface area contributed by atoms with E-state index in [4.69, 9.17) is 16.6 Å². The van der Waals surface area contributed by atoms with Crippen LogP contribution in [0.25, 0.3) is 55.2 Å². The summed E-state index contributed by atoms with van der Waals surface area (Å²) >= 11 is 6.72. The van der Waals surface area contributed by atoms with E-state index in [-0.39, 0.29) is 0 Å². The number of nitrogens with zero attached hydrogens (tertiary/aromatic N) is 3. The fourth-order valence-corrected chi connectivity index (χ4v) is 5.23. The van der Waals surface area contributed by atoms with Gasteiger partial charge in [0.2, 0.25) is 0 Å². The summed E-state index contributed by atoms with van der Waals surface area (Å²) in [4.78, 5) is 5.16. The molecule has 0 spiro atoms. The van der Waals surface area contributed by atoms with Gasteiger partial charge in [-0.2, -0.15) is 0 Å². The van der Waals surface area contributed by atoms with Crippen LogP contribution in [-0.4, -0.2) is 14.1 Å². The second kappa shape index (κ2) is 6.96. The highest BCUT2D eigenvalue weighted by Gasteiger charge is 2.16. The molecule has 0 aliphatic rings. The van der Waals surface area contributed by atoms with Gasteiger partial charge < -0.3 is 0 Å². The topological polar surface area (TPSA) is 22.8 Å². The fraction of sp³-hybridized carbons (Fsp3) is 0. The van der Waals surface area contributed by atoms with Gasteiger partial charge in [-0.3, -0.25) is 9.13 Å². The fourth-order valence-electron chi connectivity index (χ4n) is 5.04. The molecule has 0 N–H and O–H groups in total. The number of hydrogen-bond acceptors (Lipinski definition) is 1. The maximum atomic E-state index is 6.72. The van der Waals surface area contributed by atoms with Gasteiger partial charge in [-0.1, -0.05) is 84.4 Å². The lowest BCUT2D eigenvalue weighted by atomic mass is 10.2. The third-order valence-electron chi connectivity index (χ3n) is 6.38. The summed E-state index contributed by atoms with van der Waals surface area (Å²) in [6.07, 6.45) is 0. The van der Waals surface area contributed by atoms with Crippen LogP contribution in [0, 0.1) is 0 Å². The van der Waals surface area contributed by atoms with Crippen molar-refractivity contribution in [1.29, 1.82) is 0 Å². The first-order chi connectivity index (χ1) is 16.3. The molecule has 0 aliphatic heterocycles. The molecule has 0 saturated heterocycles. The third-order valence-corrected chi connectivity index (χ3v) is 6.60.